The summed E-state index contributed by atoms with van der Waals surface area (Å²) in [7, 11) is 0. The molecular weight excluding hydrogens is 198 g/mol. The number of hydrogen-bond donors (Lipinski definition) is 1. The summed E-state index contributed by atoms with van der Waals surface area (Å²) in [5, 5.41) is 0. The lowest BCUT2D eigenvalue weighted by Crippen LogP contribution is -2.22. The smallest absolute Gasteiger partial charge is 0.127 e. The SMILES string of the molecule is Cc1ccc(C)c2c1OCC[C@@H]2N.Cl. The normalized spacial score (nSPS) is 19.2. The number of benzene rings is 1. The second-order valence-corrected chi connectivity index (χ2v) is 3.69. The Balaban J connectivity index is 0.000000980. The number of halogens is 1. The molecule has 14 heavy (non-hydrogen) atoms. The van der Waals surface area contributed by atoms with E-state index in [9.17, 15) is 0 Å². The summed E-state index contributed by atoms with van der Waals surface area (Å²) in [5.74, 6) is 1.01. The lowest BCUT2D eigenvalue weighted by Gasteiger charge is -2.26. The van der Waals surface area contributed by atoms with Gasteiger partial charge in [0, 0.05) is 18.0 Å². The zero-order chi connectivity index (χ0) is 9.42. The van der Waals surface area contributed by atoms with Crippen molar-refractivity contribution in [3.05, 3.63) is 28.8 Å². The van der Waals surface area contributed by atoms with Crippen LogP contribution in [0.1, 0.15) is 29.2 Å². The van der Waals surface area contributed by atoms with Gasteiger partial charge in [0.15, 0.2) is 0 Å². The van der Waals surface area contributed by atoms with Crippen molar-refractivity contribution < 1.29 is 4.74 Å². The third-order valence-corrected chi connectivity index (χ3v) is 2.66. The first-order chi connectivity index (χ1) is 6.20. The van der Waals surface area contributed by atoms with Gasteiger partial charge in [-0.05, 0) is 25.0 Å². The number of rotatable bonds is 0. The molecule has 78 valence electrons. The van der Waals surface area contributed by atoms with Gasteiger partial charge in [-0.1, -0.05) is 12.1 Å². The molecule has 2 N–H and O–H groups in total. The van der Waals surface area contributed by atoms with E-state index >= 15 is 0 Å². The number of hydrogen-bond acceptors (Lipinski definition) is 2. The first-order valence-electron chi connectivity index (χ1n) is 4.68. The third kappa shape index (κ3) is 1.72. The molecule has 0 bridgehead atoms. The molecule has 1 aliphatic rings. The Labute approximate surface area is 90.9 Å². The average Bonchev–Trinajstić information content (AvgIpc) is 2.12. The topological polar surface area (TPSA) is 35.2 Å². The van der Waals surface area contributed by atoms with Crippen molar-refractivity contribution in [1.29, 1.82) is 0 Å². The van der Waals surface area contributed by atoms with Gasteiger partial charge in [0.25, 0.3) is 0 Å². The molecule has 0 radical (unpaired) electrons. The molecule has 0 aromatic heterocycles. The summed E-state index contributed by atoms with van der Waals surface area (Å²) >= 11 is 0. The Bertz CT molecular complexity index is 338. The predicted molar refractivity (Wildman–Crippen MR) is 60.2 cm³/mol. The maximum absolute atomic E-state index is 6.04. The van der Waals surface area contributed by atoms with Crippen LogP contribution in [0.4, 0.5) is 0 Å². The van der Waals surface area contributed by atoms with E-state index in [1.54, 1.807) is 0 Å². The summed E-state index contributed by atoms with van der Waals surface area (Å²) < 4.78 is 5.63. The molecule has 0 spiro atoms. The molecular formula is C11H16ClNO. The van der Waals surface area contributed by atoms with Gasteiger partial charge in [0.2, 0.25) is 0 Å². The van der Waals surface area contributed by atoms with Crippen molar-refractivity contribution in [2.75, 3.05) is 6.61 Å². The van der Waals surface area contributed by atoms with Crippen molar-refractivity contribution in [2.24, 2.45) is 5.73 Å². The van der Waals surface area contributed by atoms with Crippen molar-refractivity contribution >= 4 is 12.4 Å². The quantitative estimate of drug-likeness (QED) is 0.719. The molecule has 1 heterocycles. The number of fused-ring (bicyclic) bond motifs is 1. The molecule has 2 nitrogen and oxygen atoms in total. The molecule has 0 aliphatic carbocycles. The van der Waals surface area contributed by atoms with Gasteiger partial charge in [-0.3, -0.25) is 0 Å². The van der Waals surface area contributed by atoms with Gasteiger partial charge in [-0.25, -0.2) is 0 Å². The van der Waals surface area contributed by atoms with Crippen LogP contribution >= 0.6 is 12.4 Å². The Hall–Kier alpha value is -0.730. The minimum absolute atomic E-state index is 0. The molecule has 1 aliphatic heterocycles. The molecule has 1 aromatic carbocycles. The van der Waals surface area contributed by atoms with Crippen LogP contribution in [-0.4, -0.2) is 6.61 Å². The van der Waals surface area contributed by atoms with Crippen molar-refractivity contribution in [2.45, 2.75) is 26.3 Å². The van der Waals surface area contributed by atoms with Crippen molar-refractivity contribution in [3.63, 3.8) is 0 Å². The second-order valence-electron chi connectivity index (χ2n) is 3.69. The highest BCUT2D eigenvalue weighted by molar-refractivity contribution is 5.85. The summed E-state index contributed by atoms with van der Waals surface area (Å²) in [5.41, 5.74) is 9.67. The molecule has 1 aromatic rings. The molecule has 0 fully saturated rings. The molecule has 1 atom stereocenters. The van der Waals surface area contributed by atoms with Crippen LogP contribution in [0.2, 0.25) is 0 Å². The lowest BCUT2D eigenvalue weighted by atomic mass is 9.94. The van der Waals surface area contributed by atoms with E-state index in [1.165, 1.54) is 16.7 Å². The summed E-state index contributed by atoms with van der Waals surface area (Å²) in [6.07, 6.45) is 0.928. The maximum atomic E-state index is 6.04. The minimum atomic E-state index is 0. The average molecular weight is 214 g/mol. The van der Waals surface area contributed by atoms with Gasteiger partial charge in [-0.15, -0.1) is 12.4 Å². The van der Waals surface area contributed by atoms with E-state index in [0.717, 1.165) is 18.8 Å². The lowest BCUT2D eigenvalue weighted by molar-refractivity contribution is 0.266. The molecule has 3 heteroatoms. The van der Waals surface area contributed by atoms with Gasteiger partial charge < -0.3 is 10.5 Å². The fraction of sp³-hybridized carbons (Fsp3) is 0.455. The van der Waals surface area contributed by atoms with E-state index in [2.05, 4.69) is 26.0 Å². The Morgan fingerprint density at radius 3 is 2.57 bits per heavy atom. The fourth-order valence-electron chi connectivity index (χ4n) is 1.89. The van der Waals surface area contributed by atoms with E-state index in [1.807, 2.05) is 0 Å². The van der Waals surface area contributed by atoms with Gasteiger partial charge in [0.05, 0.1) is 6.61 Å². The highest BCUT2D eigenvalue weighted by atomic mass is 35.5. The van der Waals surface area contributed by atoms with Gasteiger partial charge in [0.1, 0.15) is 5.75 Å². The number of ether oxygens (including phenoxy) is 1. The summed E-state index contributed by atoms with van der Waals surface area (Å²) in [6, 6.07) is 4.36. The Kier molecular flexibility index (Phi) is 3.40. The zero-order valence-electron chi connectivity index (χ0n) is 8.54. The number of nitrogens with two attached hydrogens (primary N) is 1. The minimum Gasteiger partial charge on any atom is -0.493 e. The standard InChI is InChI=1S/C11H15NO.ClH/c1-7-3-4-8(2)11-10(7)9(12)5-6-13-11;/h3-4,9H,5-6,12H2,1-2H3;1H/t9-;/m0./s1. The second kappa shape index (κ2) is 4.20. The van der Waals surface area contributed by atoms with Gasteiger partial charge >= 0.3 is 0 Å². The van der Waals surface area contributed by atoms with Crippen LogP contribution in [0.15, 0.2) is 12.1 Å². The third-order valence-electron chi connectivity index (χ3n) is 2.66. The highest BCUT2D eigenvalue weighted by Crippen LogP contribution is 2.35. The molecule has 0 unspecified atom stereocenters. The molecule has 2 rings (SSSR count). The summed E-state index contributed by atoms with van der Waals surface area (Å²) in [4.78, 5) is 0. The van der Waals surface area contributed by atoms with E-state index in [-0.39, 0.29) is 18.4 Å². The Morgan fingerprint density at radius 2 is 1.93 bits per heavy atom. The predicted octanol–water partition coefficient (Wildman–Crippen LogP) is 2.51. The van der Waals surface area contributed by atoms with Crippen LogP contribution in [0.5, 0.6) is 5.75 Å². The van der Waals surface area contributed by atoms with E-state index in [4.69, 9.17) is 10.5 Å². The number of aryl methyl sites for hydroxylation is 2. The van der Waals surface area contributed by atoms with Crippen LogP contribution in [0.25, 0.3) is 0 Å². The molecule has 0 saturated carbocycles. The first-order valence-corrected chi connectivity index (χ1v) is 4.68. The maximum Gasteiger partial charge on any atom is 0.127 e. The monoisotopic (exact) mass is 213 g/mol. The summed E-state index contributed by atoms with van der Waals surface area (Å²) in [6.45, 7) is 4.90. The van der Waals surface area contributed by atoms with Crippen LogP contribution < -0.4 is 10.5 Å². The largest absolute Gasteiger partial charge is 0.493 e. The molecule has 0 amide bonds. The highest BCUT2D eigenvalue weighted by Gasteiger charge is 2.21. The first kappa shape index (κ1) is 11.3. The molecule has 0 saturated heterocycles. The van der Waals surface area contributed by atoms with Crippen LogP contribution in [0.3, 0.4) is 0 Å². The van der Waals surface area contributed by atoms with Crippen LogP contribution in [-0.2, 0) is 0 Å². The van der Waals surface area contributed by atoms with E-state index in [0.29, 0.717) is 0 Å². The van der Waals surface area contributed by atoms with Crippen LogP contribution in [0, 0.1) is 13.8 Å². The van der Waals surface area contributed by atoms with Gasteiger partial charge in [-0.2, -0.15) is 0 Å². The fourth-order valence-corrected chi connectivity index (χ4v) is 1.89. The Morgan fingerprint density at radius 1 is 1.29 bits per heavy atom. The zero-order valence-corrected chi connectivity index (χ0v) is 9.36. The van der Waals surface area contributed by atoms with Crippen molar-refractivity contribution in [1.82, 2.24) is 0 Å². The van der Waals surface area contributed by atoms with Crippen molar-refractivity contribution in [3.8, 4) is 5.75 Å². The van der Waals surface area contributed by atoms with E-state index < -0.39 is 0 Å².